The lowest BCUT2D eigenvalue weighted by Gasteiger charge is -2.19. The first-order valence-corrected chi connectivity index (χ1v) is 7.26. The zero-order valence-electron chi connectivity index (χ0n) is 9.63. The zero-order valence-corrected chi connectivity index (χ0v) is 13.4. The molecule has 0 bridgehead atoms. The molecule has 0 aromatic heterocycles. The van der Waals surface area contributed by atoms with Crippen LogP contribution < -0.4 is 11.3 Å². The smallest absolute Gasteiger partial charge is 0.142 e. The highest BCUT2D eigenvalue weighted by Gasteiger charge is 2.20. The van der Waals surface area contributed by atoms with Gasteiger partial charge in [-0.05, 0) is 62.3 Å². The van der Waals surface area contributed by atoms with Gasteiger partial charge < -0.3 is 0 Å². The van der Waals surface area contributed by atoms with Crippen LogP contribution in [-0.4, -0.2) is 0 Å². The molecule has 0 fully saturated rings. The van der Waals surface area contributed by atoms with E-state index in [1.54, 1.807) is 24.3 Å². The monoisotopic (exact) mass is 438 g/mol. The fraction of sp³-hybridized carbons (Fsp3) is 0.0769. The van der Waals surface area contributed by atoms with E-state index in [0.29, 0.717) is 13.6 Å². The van der Waals surface area contributed by atoms with E-state index in [-0.39, 0.29) is 11.6 Å². The number of nitrogens with two attached hydrogens (primary N) is 1. The molecule has 1 atom stereocenters. The van der Waals surface area contributed by atoms with Gasteiger partial charge in [0.05, 0.1) is 10.5 Å². The lowest BCUT2D eigenvalue weighted by Crippen LogP contribution is -2.30. The lowest BCUT2D eigenvalue weighted by atomic mass is 9.99. The Labute approximate surface area is 131 Å². The largest absolute Gasteiger partial charge is 0.271 e. The first-order chi connectivity index (χ1) is 9.04. The van der Waals surface area contributed by atoms with Crippen molar-refractivity contribution in [2.75, 3.05) is 0 Å². The summed E-state index contributed by atoms with van der Waals surface area (Å²) in [6.07, 6.45) is 0. The molecule has 2 nitrogen and oxygen atoms in total. The van der Waals surface area contributed by atoms with Crippen LogP contribution >= 0.6 is 38.5 Å². The molecular weight excluding hydrogens is 429 g/mol. The van der Waals surface area contributed by atoms with E-state index in [0.717, 1.165) is 5.56 Å². The van der Waals surface area contributed by atoms with Crippen LogP contribution in [0, 0.1) is 15.2 Å². The van der Waals surface area contributed by atoms with E-state index in [1.165, 1.54) is 12.1 Å². The van der Waals surface area contributed by atoms with Crippen LogP contribution in [0.25, 0.3) is 0 Å². The predicted molar refractivity (Wildman–Crippen MR) is 82.4 cm³/mol. The molecular formula is C13H10BrF2IN2. The van der Waals surface area contributed by atoms with Gasteiger partial charge in [-0.2, -0.15) is 0 Å². The summed E-state index contributed by atoms with van der Waals surface area (Å²) >= 11 is 5.14. The van der Waals surface area contributed by atoms with Crippen LogP contribution in [0.4, 0.5) is 8.78 Å². The van der Waals surface area contributed by atoms with Gasteiger partial charge in [-0.1, -0.05) is 18.2 Å². The van der Waals surface area contributed by atoms with Crippen LogP contribution in [0.1, 0.15) is 17.2 Å². The normalized spacial score (nSPS) is 12.5. The van der Waals surface area contributed by atoms with Crippen LogP contribution in [0.2, 0.25) is 0 Å². The number of benzene rings is 2. The number of rotatable bonds is 3. The quantitative estimate of drug-likeness (QED) is 0.433. The molecule has 0 radical (unpaired) electrons. The zero-order chi connectivity index (χ0) is 14.0. The van der Waals surface area contributed by atoms with Gasteiger partial charge in [-0.3, -0.25) is 5.84 Å². The van der Waals surface area contributed by atoms with Crippen molar-refractivity contribution >= 4 is 38.5 Å². The second kappa shape index (κ2) is 6.25. The van der Waals surface area contributed by atoms with Gasteiger partial charge >= 0.3 is 0 Å². The number of nitrogens with one attached hydrogen (secondary N) is 1. The highest BCUT2D eigenvalue weighted by molar-refractivity contribution is 14.1. The van der Waals surface area contributed by atoms with Crippen LogP contribution in [0.15, 0.2) is 40.9 Å². The van der Waals surface area contributed by atoms with E-state index >= 15 is 0 Å². The molecule has 0 aliphatic carbocycles. The van der Waals surface area contributed by atoms with E-state index in [9.17, 15) is 8.78 Å². The Bertz CT molecular complexity index is 607. The minimum atomic E-state index is -0.537. The summed E-state index contributed by atoms with van der Waals surface area (Å²) in [4.78, 5) is 0. The third-order valence-corrected chi connectivity index (χ3v) is 4.28. The summed E-state index contributed by atoms with van der Waals surface area (Å²) in [6.45, 7) is 0. The maximum atomic E-state index is 14.1. The molecule has 0 heterocycles. The molecule has 0 saturated heterocycles. The molecule has 19 heavy (non-hydrogen) atoms. The fourth-order valence-electron chi connectivity index (χ4n) is 1.83. The third kappa shape index (κ3) is 3.13. The van der Waals surface area contributed by atoms with Crippen molar-refractivity contribution in [3.63, 3.8) is 0 Å². The van der Waals surface area contributed by atoms with Crippen molar-refractivity contribution in [3.8, 4) is 0 Å². The number of hydrogen-bond donors (Lipinski definition) is 2. The van der Waals surface area contributed by atoms with Crippen molar-refractivity contribution in [1.82, 2.24) is 5.43 Å². The topological polar surface area (TPSA) is 38.0 Å². The van der Waals surface area contributed by atoms with Crippen LogP contribution in [0.5, 0.6) is 0 Å². The first-order valence-electron chi connectivity index (χ1n) is 5.39. The Kier molecular flexibility index (Phi) is 4.88. The predicted octanol–water partition coefficient (Wildman–Crippen LogP) is 3.88. The Morgan fingerprint density at radius 3 is 2.53 bits per heavy atom. The van der Waals surface area contributed by atoms with Crippen molar-refractivity contribution in [2.45, 2.75) is 6.04 Å². The number of halogens is 4. The molecule has 6 heteroatoms. The van der Waals surface area contributed by atoms with Crippen molar-refractivity contribution in [2.24, 2.45) is 5.84 Å². The Morgan fingerprint density at radius 2 is 1.89 bits per heavy atom. The number of hydrazine groups is 1. The molecule has 0 amide bonds. The second-order valence-corrected chi connectivity index (χ2v) is 5.93. The molecule has 2 rings (SSSR count). The summed E-state index contributed by atoms with van der Waals surface area (Å²) in [5.41, 5.74) is 3.70. The maximum Gasteiger partial charge on any atom is 0.142 e. The first kappa shape index (κ1) is 14.8. The molecule has 3 N–H and O–H groups in total. The maximum absolute atomic E-state index is 14.1. The van der Waals surface area contributed by atoms with Gasteiger partial charge in [-0.25, -0.2) is 14.2 Å². The Morgan fingerprint density at radius 1 is 1.16 bits per heavy atom. The van der Waals surface area contributed by atoms with Gasteiger partial charge in [0.2, 0.25) is 0 Å². The summed E-state index contributed by atoms with van der Waals surface area (Å²) in [6, 6.07) is 8.76. The summed E-state index contributed by atoms with van der Waals surface area (Å²) in [7, 11) is 0. The van der Waals surface area contributed by atoms with Gasteiger partial charge in [0, 0.05) is 9.13 Å². The standard InChI is InChI=1S/C13H10BrF2IN2/c14-10-3-1-2-9(12(10)16)13(19-18)8-5-4-7(15)6-11(8)17/h1-6,13,19H,18H2. The van der Waals surface area contributed by atoms with Crippen molar-refractivity contribution in [1.29, 1.82) is 0 Å². The molecule has 1 unspecified atom stereocenters. The highest BCUT2D eigenvalue weighted by Crippen LogP contribution is 2.30. The average Bonchev–Trinajstić information content (AvgIpc) is 2.37. The number of hydrogen-bond acceptors (Lipinski definition) is 2. The minimum absolute atomic E-state index is 0.335. The minimum Gasteiger partial charge on any atom is -0.271 e. The molecule has 2 aromatic rings. The molecule has 0 aliphatic rings. The second-order valence-electron chi connectivity index (χ2n) is 3.91. The molecule has 100 valence electrons. The van der Waals surface area contributed by atoms with Gasteiger partial charge in [0.15, 0.2) is 0 Å². The van der Waals surface area contributed by atoms with Crippen LogP contribution in [0.3, 0.4) is 0 Å². The average molecular weight is 439 g/mol. The van der Waals surface area contributed by atoms with Gasteiger partial charge in [-0.15, -0.1) is 0 Å². The summed E-state index contributed by atoms with van der Waals surface area (Å²) in [5, 5.41) is 0. The van der Waals surface area contributed by atoms with Crippen LogP contribution in [-0.2, 0) is 0 Å². The molecule has 0 saturated carbocycles. The third-order valence-electron chi connectivity index (χ3n) is 2.73. The molecule has 0 spiro atoms. The highest BCUT2D eigenvalue weighted by atomic mass is 127. The fourth-order valence-corrected chi connectivity index (χ4v) is 3.00. The van der Waals surface area contributed by atoms with E-state index in [1.807, 2.05) is 22.6 Å². The molecule has 0 aliphatic heterocycles. The summed E-state index contributed by atoms with van der Waals surface area (Å²) < 4.78 is 28.3. The van der Waals surface area contributed by atoms with Gasteiger partial charge in [0.25, 0.3) is 0 Å². The van der Waals surface area contributed by atoms with Crippen molar-refractivity contribution in [3.05, 3.63) is 67.2 Å². The SMILES string of the molecule is NNC(c1ccc(F)cc1I)c1cccc(Br)c1F. The van der Waals surface area contributed by atoms with Crippen molar-refractivity contribution < 1.29 is 8.78 Å². The lowest BCUT2D eigenvalue weighted by molar-refractivity contribution is 0.553. The Hall–Kier alpha value is -0.570. The van der Waals surface area contributed by atoms with E-state index < -0.39 is 6.04 Å². The Balaban J connectivity index is 2.53. The molecule has 2 aromatic carbocycles. The van der Waals surface area contributed by atoms with Gasteiger partial charge in [0.1, 0.15) is 11.6 Å². The summed E-state index contributed by atoms with van der Waals surface area (Å²) in [5.74, 6) is 4.82. The van der Waals surface area contributed by atoms with E-state index in [4.69, 9.17) is 5.84 Å². The van der Waals surface area contributed by atoms with E-state index in [2.05, 4.69) is 21.4 Å².